The molecule has 0 saturated carbocycles. The first-order valence-corrected chi connectivity index (χ1v) is 11.6. The average Bonchev–Trinajstić information content (AvgIpc) is 3.37. The van der Waals surface area contributed by atoms with Crippen LogP contribution in [0.4, 0.5) is 10.7 Å². The van der Waals surface area contributed by atoms with Gasteiger partial charge in [0.05, 0.1) is 29.4 Å². The molecule has 0 spiro atoms. The smallest absolute Gasteiger partial charge is 0.341 e. The van der Waals surface area contributed by atoms with E-state index in [4.69, 9.17) is 25.8 Å². The van der Waals surface area contributed by atoms with Crippen molar-refractivity contribution in [1.82, 2.24) is 0 Å². The number of carbonyl (C=O) groups excluding carboxylic acids is 2. The summed E-state index contributed by atoms with van der Waals surface area (Å²) >= 11 is 7.50. The molecular formula is C24H23ClN2O5S. The van der Waals surface area contributed by atoms with Crippen LogP contribution in [-0.2, 0) is 16.0 Å². The summed E-state index contributed by atoms with van der Waals surface area (Å²) in [6.07, 6.45) is 0.577. The predicted octanol–water partition coefficient (Wildman–Crippen LogP) is 5.26. The fourth-order valence-electron chi connectivity index (χ4n) is 3.45. The van der Waals surface area contributed by atoms with Gasteiger partial charge in [0.1, 0.15) is 5.00 Å². The molecule has 3 aromatic rings. The number of thiophene rings is 1. The molecule has 2 heterocycles. The molecule has 0 radical (unpaired) electrons. The zero-order valence-electron chi connectivity index (χ0n) is 18.2. The van der Waals surface area contributed by atoms with Gasteiger partial charge in [-0.3, -0.25) is 4.79 Å². The Balaban J connectivity index is 1.54. The Bertz CT molecular complexity index is 1190. The molecule has 0 atom stereocenters. The summed E-state index contributed by atoms with van der Waals surface area (Å²) in [5.74, 6) is 0.660. The maximum atomic E-state index is 12.7. The highest BCUT2D eigenvalue weighted by molar-refractivity contribution is 7.17. The summed E-state index contributed by atoms with van der Waals surface area (Å²) in [4.78, 5) is 26.3. The van der Waals surface area contributed by atoms with Crippen molar-refractivity contribution < 1.29 is 23.8 Å². The molecule has 2 aromatic carbocycles. The van der Waals surface area contributed by atoms with Gasteiger partial charge in [0.15, 0.2) is 11.5 Å². The van der Waals surface area contributed by atoms with Crippen LogP contribution in [-0.4, -0.2) is 31.8 Å². The fraction of sp³-hybridized carbons (Fsp3) is 0.250. The van der Waals surface area contributed by atoms with Gasteiger partial charge in [0.2, 0.25) is 12.7 Å². The molecule has 9 heteroatoms. The van der Waals surface area contributed by atoms with Gasteiger partial charge in [-0.05, 0) is 49.2 Å². The van der Waals surface area contributed by atoms with Crippen LogP contribution in [0.15, 0.2) is 42.5 Å². The van der Waals surface area contributed by atoms with Gasteiger partial charge in [-0.2, -0.15) is 0 Å². The van der Waals surface area contributed by atoms with Gasteiger partial charge < -0.3 is 24.8 Å². The van der Waals surface area contributed by atoms with E-state index in [0.29, 0.717) is 39.2 Å². The SMILES string of the molecule is CCOC(=O)c1c(NC(=O)CNc2ccccc2Cl)sc(Cc2ccc3c(c2)OCO3)c1C. The summed E-state index contributed by atoms with van der Waals surface area (Å²) in [6.45, 7) is 4.07. The lowest BCUT2D eigenvalue weighted by atomic mass is 10.1. The molecule has 0 bridgehead atoms. The van der Waals surface area contributed by atoms with Crippen LogP contribution in [0.25, 0.3) is 0 Å². The molecule has 1 amide bonds. The second-order valence-corrected chi connectivity index (χ2v) is 8.83. The van der Waals surface area contributed by atoms with E-state index in [1.165, 1.54) is 11.3 Å². The highest BCUT2D eigenvalue weighted by Crippen LogP contribution is 2.37. The van der Waals surface area contributed by atoms with Crippen LogP contribution in [0, 0.1) is 6.92 Å². The Morgan fingerprint density at radius 3 is 2.73 bits per heavy atom. The van der Waals surface area contributed by atoms with E-state index < -0.39 is 5.97 Å². The highest BCUT2D eigenvalue weighted by Gasteiger charge is 2.24. The van der Waals surface area contributed by atoms with Gasteiger partial charge >= 0.3 is 5.97 Å². The van der Waals surface area contributed by atoms with Gasteiger partial charge in [-0.1, -0.05) is 29.8 Å². The lowest BCUT2D eigenvalue weighted by molar-refractivity contribution is -0.114. The minimum atomic E-state index is -0.461. The Hall–Kier alpha value is -3.23. The van der Waals surface area contributed by atoms with Crippen LogP contribution in [0.2, 0.25) is 5.02 Å². The summed E-state index contributed by atoms with van der Waals surface area (Å²) in [5.41, 5.74) is 2.83. The van der Waals surface area contributed by atoms with E-state index in [0.717, 1.165) is 16.0 Å². The van der Waals surface area contributed by atoms with Crippen molar-refractivity contribution in [2.75, 3.05) is 30.6 Å². The first-order chi connectivity index (χ1) is 16.0. The van der Waals surface area contributed by atoms with Crippen molar-refractivity contribution in [2.24, 2.45) is 0 Å². The van der Waals surface area contributed by atoms with Crippen molar-refractivity contribution in [2.45, 2.75) is 20.3 Å². The number of halogens is 1. The molecule has 0 saturated heterocycles. The van der Waals surface area contributed by atoms with Crippen molar-refractivity contribution in [1.29, 1.82) is 0 Å². The number of hydrogen-bond acceptors (Lipinski definition) is 7. The molecule has 1 aliphatic heterocycles. The second-order valence-electron chi connectivity index (χ2n) is 7.32. The number of esters is 1. The Kier molecular flexibility index (Phi) is 7.05. The maximum Gasteiger partial charge on any atom is 0.341 e. The Morgan fingerprint density at radius 2 is 1.94 bits per heavy atom. The standard InChI is InChI=1S/C24H23ClN2O5S/c1-3-30-24(29)22-14(2)20(11-15-8-9-18-19(10-15)32-13-31-18)33-23(22)27-21(28)12-26-17-7-5-4-6-16(17)25/h4-10,26H,3,11-13H2,1-2H3,(H,27,28). The van der Waals surface area contributed by atoms with Crippen LogP contribution in [0.1, 0.15) is 33.3 Å². The zero-order valence-corrected chi connectivity index (χ0v) is 19.8. The highest BCUT2D eigenvalue weighted by atomic mass is 35.5. The number of amides is 1. The molecule has 0 fully saturated rings. The minimum Gasteiger partial charge on any atom is -0.462 e. The second kappa shape index (κ2) is 10.1. The third kappa shape index (κ3) is 5.23. The molecule has 2 N–H and O–H groups in total. The molecular weight excluding hydrogens is 464 g/mol. The van der Waals surface area contributed by atoms with E-state index in [1.807, 2.05) is 37.3 Å². The Morgan fingerprint density at radius 1 is 1.15 bits per heavy atom. The third-order valence-corrected chi connectivity index (χ3v) is 6.63. The monoisotopic (exact) mass is 486 g/mol. The number of para-hydroxylation sites is 1. The molecule has 0 aliphatic carbocycles. The van der Waals surface area contributed by atoms with Crippen molar-refractivity contribution in [3.05, 3.63) is 69.1 Å². The van der Waals surface area contributed by atoms with E-state index in [2.05, 4.69) is 10.6 Å². The summed E-state index contributed by atoms with van der Waals surface area (Å²) < 4.78 is 16.1. The van der Waals surface area contributed by atoms with E-state index in [9.17, 15) is 9.59 Å². The minimum absolute atomic E-state index is 0.000437. The zero-order chi connectivity index (χ0) is 23.4. The average molecular weight is 487 g/mol. The third-order valence-electron chi connectivity index (χ3n) is 5.09. The maximum absolute atomic E-state index is 12.7. The summed E-state index contributed by atoms with van der Waals surface area (Å²) in [5, 5.41) is 6.86. The number of anilines is 2. The van der Waals surface area contributed by atoms with Crippen LogP contribution < -0.4 is 20.1 Å². The molecule has 33 heavy (non-hydrogen) atoms. The molecule has 1 aromatic heterocycles. The normalized spacial score (nSPS) is 11.8. The van der Waals surface area contributed by atoms with Gasteiger partial charge in [-0.25, -0.2) is 4.79 Å². The van der Waals surface area contributed by atoms with Crippen molar-refractivity contribution >= 4 is 45.5 Å². The number of ether oxygens (including phenoxy) is 3. The lowest BCUT2D eigenvalue weighted by Gasteiger charge is -2.09. The predicted molar refractivity (Wildman–Crippen MR) is 129 cm³/mol. The van der Waals surface area contributed by atoms with Crippen LogP contribution in [0.3, 0.4) is 0 Å². The number of hydrogen-bond donors (Lipinski definition) is 2. The Labute approximate surface area is 200 Å². The fourth-order valence-corrected chi connectivity index (χ4v) is 4.90. The van der Waals surface area contributed by atoms with Gasteiger partial charge in [0.25, 0.3) is 0 Å². The topological polar surface area (TPSA) is 85.9 Å². The van der Waals surface area contributed by atoms with Crippen molar-refractivity contribution in [3.8, 4) is 11.5 Å². The molecule has 0 unspecified atom stereocenters. The first kappa shape index (κ1) is 22.9. The number of benzene rings is 2. The number of carbonyl (C=O) groups is 2. The quantitative estimate of drug-likeness (QED) is 0.422. The van der Waals surface area contributed by atoms with E-state index in [1.54, 1.807) is 19.1 Å². The molecule has 1 aliphatic rings. The molecule has 172 valence electrons. The lowest BCUT2D eigenvalue weighted by Crippen LogP contribution is -2.22. The summed E-state index contributed by atoms with van der Waals surface area (Å²) in [7, 11) is 0. The van der Waals surface area contributed by atoms with Crippen molar-refractivity contribution in [3.63, 3.8) is 0 Å². The first-order valence-electron chi connectivity index (χ1n) is 10.4. The van der Waals surface area contributed by atoms with Gasteiger partial charge in [0, 0.05) is 11.3 Å². The number of rotatable bonds is 8. The largest absolute Gasteiger partial charge is 0.462 e. The van der Waals surface area contributed by atoms with Crippen LogP contribution in [0.5, 0.6) is 11.5 Å². The van der Waals surface area contributed by atoms with Crippen LogP contribution >= 0.6 is 22.9 Å². The van der Waals surface area contributed by atoms with E-state index in [-0.39, 0.29) is 25.9 Å². The number of fused-ring (bicyclic) bond motifs is 1. The summed E-state index contributed by atoms with van der Waals surface area (Å²) in [6, 6.07) is 12.9. The van der Waals surface area contributed by atoms with Gasteiger partial charge in [-0.15, -0.1) is 11.3 Å². The molecule has 4 rings (SSSR count). The number of nitrogens with one attached hydrogen (secondary N) is 2. The molecule has 7 nitrogen and oxygen atoms in total. The van der Waals surface area contributed by atoms with E-state index >= 15 is 0 Å².